The second-order valence-corrected chi connectivity index (χ2v) is 5.61. The highest BCUT2D eigenvalue weighted by molar-refractivity contribution is 9.10. The van der Waals surface area contributed by atoms with Crippen molar-refractivity contribution in [2.75, 3.05) is 10.6 Å². The molecule has 0 aliphatic heterocycles. The number of nitrogens with zero attached hydrogens (tertiary/aromatic N) is 3. The lowest BCUT2D eigenvalue weighted by Gasteiger charge is -2.09. The summed E-state index contributed by atoms with van der Waals surface area (Å²) < 4.78 is 14.8. The second-order valence-electron chi connectivity index (χ2n) is 4.70. The highest BCUT2D eigenvalue weighted by Crippen LogP contribution is 2.19. The molecular weight excluding hydrogens is 361 g/mol. The normalized spacial score (nSPS) is 10.3. The first-order chi connectivity index (χ1) is 11.2. The molecule has 2 heterocycles. The van der Waals surface area contributed by atoms with Gasteiger partial charge in [-0.1, -0.05) is 22.0 Å². The third-order valence-corrected chi connectivity index (χ3v) is 3.54. The number of halogens is 2. The number of aromatic nitrogens is 3. The van der Waals surface area contributed by atoms with Gasteiger partial charge in [0.15, 0.2) is 11.6 Å². The number of hydrogen-bond acceptors (Lipinski definition) is 5. The van der Waals surface area contributed by atoms with Crippen molar-refractivity contribution in [3.63, 3.8) is 0 Å². The third-order valence-electron chi connectivity index (χ3n) is 3.01. The lowest BCUT2D eigenvalue weighted by Crippen LogP contribution is -2.07. The molecule has 0 aliphatic carbocycles. The first-order valence-electron chi connectivity index (χ1n) is 6.89. The first kappa shape index (κ1) is 15.4. The maximum Gasteiger partial charge on any atom is 0.229 e. The zero-order chi connectivity index (χ0) is 16.1. The lowest BCUT2D eigenvalue weighted by atomic mass is 10.3. The molecule has 0 spiro atoms. The topological polar surface area (TPSA) is 62.7 Å². The fraction of sp³-hybridized carbons (Fsp3) is 0.0625. The Kier molecular flexibility index (Phi) is 4.77. The van der Waals surface area contributed by atoms with Crippen LogP contribution in [0.5, 0.6) is 0 Å². The number of anilines is 3. The number of benzene rings is 1. The molecule has 0 aliphatic rings. The van der Waals surface area contributed by atoms with Crippen molar-refractivity contribution in [3.05, 3.63) is 70.8 Å². The Morgan fingerprint density at radius 1 is 1.04 bits per heavy atom. The average Bonchev–Trinajstić information content (AvgIpc) is 2.58. The average molecular weight is 374 g/mol. The summed E-state index contributed by atoms with van der Waals surface area (Å²) >= 11 is 3.37. The Morgan fingerprint density at radius 2 is 1.87 bits per heavy atom. The van der Waals surface area contributed by atoms with Crippen LogP contribution in [0.15, 0.2) is 59.3 Å². The summed E-state index contributed by atoms with van der Waals surface area (Å²) in [6, 6.07) is 13.1. The van der Waals surface area contributed by atoms with Crippen molar-refractivity contribution in [2.45, 2.75) is 6.54 Å². The largest absolute Gasteiger partial charge is 0.362 e. The van der Waals surface area contributed by atoms with Gasteiger partial charge in [0.25, 0.3) is 0 Å². The van der Waals surface area contributed by atoms with Crippen LogP contribution in [0.4, 0.5) is 21.8 Å². The van der Waals surface area contributed by atoms with Crippen LogP contribution < -0.4 is 10.6 Å². The molecule has 23 heavy (non-hydrogen) atoms. The molecule has 0 amide bonds. The third kappa shape index (κ3) is 4.23. The standard InChI is InChI=1S/C16H13BrFN5/c17-11-4-6-12(7-5-11)22-16-21-10-14(18)15(23-16)20-9-13-3-1-2-8-19-13/h1-8,10H,9H2,(H2,20,21,22,23). The molecule has 5 nitrogen and oxygen atoms in total. The Morgan fingerprint density at radius 3 is 2.61 bits per heavy atom. The Hall–Kier alpha value is -2.54. The maximum absolute atomic E-state index is 13.8. The summed E-state index contributed by atoms with van der Waals surface area (Å²) in [6.45, 7) is 0.381. The molecule has 2 aromatic heterocycles. The fourth-order valence-corrected chi connectivity index (χ4v) is 2.15. The minimum Gasteiger partial charge on any atom is -0.362 e. The van der Waals surface area contributed by atoms with Crippen molar-refractivity contribution in [2.24, 2.45) is 0 Å². The fourth-order valence-electron chi connectivity index (χ4n) is 1.89. The van der Waals surface area contributed by atoms with Crippen LogP contribution in [0.25, 0.3) is 0 Å². The van der Waals surface area contributed by atoms with Gasteiger partial charge >= 0.3 is 0 Å². The van der Waals surface area contributed by atoms with E-state index in [0.29, 0.717) is 12.5 Å². The van der Waals surface area contributed by atoms with Crippen LogP contribution in [0, 0.1) is 5.82 Å². The van der Waals surface area contributed by atoms with E-state index in [4.69, 9.17) is 0 Å². The molecule has 3 aromatic rings. The number of pyridine rings is 1. The van der Waals surface area contributed by atoms with Gasteiger partial charge in [-0.3, -0.25) is 4.98 Å². The van der Waals surface area contributed by atoms with Gasteiger partial charge in [-0.15, -0.1) is 0 Å². The van der Waals surface area contributed by atoms with Crippen molar-refractivity contribution >= 4 is 33.4 Å². The van der Waals surface area contributed by atoms with E-state index in [1.165, 1.54) is 0 Å². The minimum atomic E-state index is -0.512. The smallest absolute Gasteiger partial charge is 0.229 e. The van der Waals surface area contributed by atoms with Crippen LogP contribution in [-0.2, 0) is 6.54 Å². The summed E-state index contributed by atoms with van der Waals surface area (Å²) in [5.41, 5.74) is 1.61. The SMILES string of the molecule is Fc1cnc(Nc2ccc(Br)cc2)nc1NCc1ccccn1. The van der Waals surface area contributed by atoms with Gasteiger partial charge in [0.1, 0.15) is 0 Å². The summed E-state index contributed by atoms with van der Waals surface area (Å²) in [4.78, 5) is 12.3. The summed E-state index contributed by atoms with van der Waals surface area (Å²) in [7, 11) is 0. The highest BCUT2D eigenvalue weighted by Gasteiger charge is 2.07. The number of nitrogens with one attached hydrogen (secondary N) is 2. The van der Waals surface area contributed by atoms with E-state index in [-0.39, 0.29) is 5.82 Å². The van der Waals surface area contributed by atoms with Gasteiger partial charge in [0, 0.05) is 16.4 Å². The maximum atomic E-state index is 13.8. The molecular formula is C16H13BrFN5. The molecule has 0 bridgehead atoms. The van der Waals surface area contributed by atoms with E-state index < -0.39 is 5.82 Å². The molecule has 7 heteroatoms. The van der Waals surface area contributed by atoms with Crippen LogP contribution in [0.1, 0.15) is 5.69 Å². The van der Waals surface area contributed by atoms with Gasteiger partial charge < -0.3 is 10.6 Å². The van der Waals surface area contributed by atoms with E-state index in [0.717, 1.165) is 22.1 Å². The van der Waals surface area contributed by atoms with Crippen molar-refractivity contribution in [3.8, 4) is 0 Å². The molecule has 0 saturated heterocycles. The molecule has 0 radical (unpaired) electrons. The van der Waals surface area contributed by atoms with Crippen LogP contribution >= 0.6 is 15.9 Å². The number of hydrogen-bond donors (Lipinski definition) is 2. The van der Waals surface area contributed by atoms with Crippen LogP contribution in [-0.4, -0.2) is 15.0 Å². The summed E-state index contributed by atoms with van der Waals surface area (Å²) in [5, 5.41) is 5.96. The molecule has 0 fully saturated rings. The van der Waals surface area contributed by atoms with Crippen molar-refractivity contribution in [1.29, 1.82) is 0 Å². The summed E-state index contributed by atoms with van der Waals surface area (Å²) in [6.07, 6.45) is 2.82. The van der Waals surface area contributed by atoms with E-state index in [9.17, 15) is 4.39 Å². The lowest BCUT2D eigenvalue weighted by molar-refractivity contribution is 0.617. The molecule has 0 saturated carbocycles. The predicted octanol–water partition coefficient (Wildman–Crippen LogP) is 4.13. The van der Waals surface area contributed by atoms with Crippen molar-refractivity contribution < 1.29 is 4.39 Å². The Balaban J connectivity index is 1.72. The van der Waals surface area contributed by atoms with E-state index in [2.05, 4.69) is 41.5 Å². The number of rotatable bonds is 5. The molecule has 0 atom stereocenters. The van der Waals surface area contributed by atoms with E-state index >= 15 is 0 Å². The summed E-state index contributed by atoms with van der Waals surface area (Å²) in [5.74, 6) is -0.0650. The Bertz CT molecular complexity index is 780. The van der Waals surface area contributed by atoms with Crippen molar-refractivity contribution in [1.82, 2.24) is 15.0 Å². The second kappa shape index (κ2) is 7.15. The molecule has 2 N–H and O–H groups in total. The molecule has 1 aromatic carbocycles. The van der Waals surface area contributed by atoms with Crippen LogP contribution in [0.3, 0.4) is 0 Å². The van der Waals surface area contributed by atoms with Crippen LogP contribution in [0.2, 0.25) is 0 Å². The molecule has 116 valence electrons. The van der Waals surface area contributed by atoms with E-state index in [1.807, 2.05) is 42.5 Å². The highest BCUT2D eigenvalue weighted by atomic mass is 79.9. The zero-order valence-corrected chi connectivity index (χ0v) is 13.6. The van der Waals surface area contributed by atoms with Gasteiger partial charge in [0.05, 0.1) is 18.4 Å². The molecule has 3 rings (SSSR count). The van der Waals surface area contributed by atoms with Gasteiger partial charge in [-0.05, 0) is 36.4 Å². The quantitative estimate of drug-likeness (QED) is 0.703. The minimum absolute atomic E-state index is 0.130. The Labute approximate surface area is 141 Å². The van der Waals surface area contributed by atoms with Gasteiger partial charge in [0.2, 0.25) is 5.95 Å². The van der Waals surface area contributed by atoms with E-state index in [1.54, 1.807) is 6.20 Å². The zero-order valence-electron chi connectivity index (χ0n) is 12.0. The van der Waals surface area contributed by atoms with Gasteiger partial charge in [-0.2, -0.15) is 4.98 Å². The molecule has 0 unspecified atom stereocenters. The predicted molar refractivity (Wildman–Crippen MR) is 91.0 cm³/mol. The first-order valence-corrected chi connectivity index (χ1v) is 7.69. The van der Waals surface area contributed by atoms with Gasteiger partial charge in [-0.25, -0.2) is 9.37 Å². The monoisotopic (exact) mass is 373 g/mol.